The van der Waals surface area contributed by atoms with Crippen LogP contribution in [0.3, 0.4) is 0 Å². The highest BCUT2D eigenvalue weighted by atomic mass is 32.1. The van der Waals surface area contributed by atoms with Gasteiger partial charge in [0.15, 0.2) is 5.13 Å². The first-order chi connectivity index (χ1) is 14.4. The monoisotopic (exact) mass is 420 g/mol. The Balaban J connectivity index is 1.63. The average Bonchev–Trinajstić information content (AvgIpc) is 3.18. The third kappa shape index (κ3) is 3.57. The molecule has 4 rings (SSSR count). The van der Waals surface area contributed by atoms with Crippen molar-refractivity contribution in [1.29, 1.82) is 0 Å². The summed E-state index contributed by atoms with van der Waals surface area (Å²) in [5.41, 5.74) is 4.16. The summed E-state index contributed by atoms with van der Waals surface area (Å²) in [4.78, 5) is 43.7. The predicted octanol–water partition coefficient (Wildman–Crippen LogP) is 3.70. The topological polar surface area (TPSA) is 96.9 Å². The van der Waals surface area contributed by atoms with Crippen molar-refractivity contribution in [2.45, 2.75) is 27.3 Å². The van der Waals surface area contributed by atoms with Crippen LogP contribution in [0.25, 0.3) is 22.3 Å². The molecule has 7 nitrogen and oxygen atoms in total. The van der Waals surface area contributed by atoms with Crippen LogP contribution in [-0.4, -0.2) is 20.4 Å². The number of aromatic nitrogens is 3. The summed E-state index contributed by atoms with van der Waals surface area (Å²) in [5, 5.41) is 5.21. The number of hydrogen-bond donors (Lipinski definition) is 2. The Hall–Kier alpha value is -3.52. The van der Waals surface area contributed by atoms with Gasteiger partial charge in [-0.05, 0) is 50.6 Å². The fraction of sp³-hybridized carbons (Fsp3) is 0.182. The Morgan fingerprint density at radius 2 is 1.97 bits per heavy atom. The minimum absolute atomic E-state index is 0.339. The minimum atomic E-state index is -0.708. The van der Waals surface area contributed by atoms with E-state index >= 15 is 0 Å². The Labute approximate surface area is 176 Å². The first-order valence-electron chi connectivity index (χ1n) is 9.48. The minimum Gasteiger partial charge on any atom is -0.316 e. The molecule has 0 aliphatic rings. The van der Waals surface area contributed by atoms with E-state index < -0.39 is 11.1 Å². The largest absolute Gasteiger partial charge is 0.316 e. The number of aryl methyl sites for hydroxylation is 3. The smallest absolute Gasteiger partial charge is 0.316 e. The second-order valence-corrected chi connectivity index (χ2v) is 7.90. The lowest BCUT2D eigenvalue weighted by Gasteiger charge is -2.08. The molecule has 152 valence electrons. The highest BCUT2D eigenvalue weighted by molar-refractivity contribution is 7.14. The highest BCUT2D eigenvalue weighted by Crippen LogP contribution is 2.28. The molecule has 0 fully saturated rings. The first kappa shape index (κ1) is 19.8. The average molecular weight is 420 g/mol. The number of nitrogens with one attached hydrogen (secondary N) is 2. The number of amides is 1. The van der Waals surface area contributed by atoms with Gasteiger partial charge >= 0.3 is 11.1 Å². The van der Waals surface area contributed by atoms with Gasteiger partial charge in [-0.1, -0.05) is 17.7 Å². The molecule has 0 saturated heterocycles. The molecule has 0 unspecified atom stereocenters. The summed E-state index contributed by atoms with van der Waals surface area (Å²) in [5.74, 6) is -0.339. The first-order valence-corrected chi connectivity index (χ1v) is 10.4. The molecule has 30 heavy (non-hydrogen) atoms. The van der Waals surface area contributed by atoms with Crippen molar-refractivity contribution in [2.24, 2.45) is 0 Å². The number of aromatic amines is 1. The molecule has 0 saturated carbocycles. The molecular formula is C22H20N4O3S. The van der Waals surface area contributed by atoms with E-state index in [1.54, 1.807) is 25.1 Å². The maximum atomic E-state index is 12.7. The number of H-pyrrole nitrogens is 1. The fourth-order valence-corrected chi connectivity index (χ4v) is 4.08. The third-order valence-corrected chi connectivity index (χ3v) is 5.70. The standard InChI is InChI=1S/C22H20N4O3S/c1-4-26-18-8-7-14(10-16(18)23-20(28)21(26)29)19(27)25-22-24-17(11-30-22)15-9-12(2)5-6-13(15)3/h5-11H,4H2,1-3H3,(H,23,28)(H,24,25,27). The molecule has 8 heteroatoms. The molecule has 2 aromatic heterocycles. The lowest BCUT2D eigenvalue weighted by Crippen LogP contribution is -2.36. The Morgan fingerprint density at radius 1 is 1.17 bits per heavy atom. The molecule has 2 N–H and O–H groups in total. The third-order valence-electron chi connectivity index (χ3n) is 4.95. The molecule has 0 spiro atoms. The summed E-state index contributed by atoms with van der Waals surface area (Å²) in [6, 6.07) is 11.0. The normalized spacial score (nSPS) is 11.0. The summed E-state index contributed by atoms with van der Waals surface area (Å²) in [6.07, 6.45) is 0. The van der Waals surface area contributed by atoms with Gasteiger partial charge in [-0.3, -0.25) is 19.7 Å². The zero-order valence-electron chi connectivity index (χ0n) is 16.8. The van der Waals surface area contributed by atoms with Crippen molar-refractivity contribution in [1.82, 2.24) is 14.5 Å². The number of hydrogen-bond acceptors (Lipinski definition) is 5. The summed E-state index contributed by atoms with van der Waals surface area (Å²) in [7, 11) is 0. The number of thiazole rings is 1. The van der Waals surface area contributed by atoms with E-state index in [1.165, 1.54) is 15.9 Å². The van der Waals surface area contributed by atoms with Crippen LogP contribution in [0, 0.1) is 13.8 Å². The van der Waals surface area contributed by atoms with E-state index in [1.807, 2.05) is 25.3 Å². The van der Waals surface area contributed by atoms with E-state index in [4.69, 9.17) is 0 Å². The van der Waals surface area contributed by atoms with Crippen LogP contribution in [0.2, 0.25) is 0 Å². The predicted molar refractivity (Wildman–Crippen MR) is 119 cm³/mol. The van der Waals surface area contributed by atoms with Crippen LogP contribution in [0.4, 0.5) is 5.13 Å². The number of nitrogens with zero attached hydrogens (tertiary/aromatic N) is 2. The van der Waals surface area contributed by atoms with Gasteiger partial charge in [-0.15, -0.1) is 11.3 Å². The SMILES string of the molecule is CCn1c(=O)c(=O)[nH]c2cc(C(=O)Nc3nc(-c4cc(C)ccc4C)cs3)ccc21. The second kappa shape index (κ2) is 7.72. The van der Waals surface area contributed by atoms with Crippen LogP contribution >= 0.6 is 11.3 Å². The van der Waals surface area contributed by atoms with Crippen molar-refractivity contribution >= 4 is 33.4 Å². The van der Waals surface area contributed by atoms with E-state index in [2.05, 4.69) is 27.4 Å². The molecule has 0 aliphatic heterocycles. The van der Waals surface area contributed by atoms with Crippen molar-refractivity contribution in [3.05, 3.63) is 79.2 Å². The van der Waals surface area contributed by atoms with Gasteiger partial charge in [0.1, 0.15) is 0 Å². The summed E-state index contributed by atoms with van der Waals surface area (Å²) < 4.78 is 1.38. The van der Waals surface area contributed by atoms with Crippen LogP contribution in [0.15, 0.2) is 51.4 Å². The van der Waals surface area contributed by atoms with Gasteiger partial charge < -0.3 is 9.55 Å². The molecule has 0 bridgehead atoms. The van der Waals surface area contributed by atoms with Crippen molar-refractivity contribution in [3.8, 4) is 11.3 Å². The molecule has 1 amide bonds. The Morgan fingerprint density at radius 3 is 2.73 bits per heavy atom. The van der Waals surface area contributed by atoms with Crippen LogP contribution < -0.4 is 16.4 Å². The van der Waals surface area contributed by atoms with E-state index in [0.717, 1.165) is 22.4 Å². The number of anilines is 1. The van der Waals surface area contributed by atoms with Crippen molar-refractivity contribution in [3.63, 3.8) is 0 Å². The molecule has 0 atom stereocenters. The van der Waals surface area contributed by atoms with Crippen LogP contribution in [-0.2, 0) is 6.54 Å². The Kier molecular flexibility index (Phi) is 5.09. The van der Waals surface area contributed by atoms with Gasteiger partial charge in [0, 0.05) is 23.1 Å². The van der Waals surface area contributed by atoms with E-state index in [9.17, 15) is 14.4 Å². The molecule has 2 heterocycles. The van der Waals surface area contributed by atoms with Crippen LogP contribution in [0.5, 0.6) is 0 Å². The zero-order chi connectivity index (χ0) is 21.4. The van der Waals surface area contributed by atoms with Crippen LogP contribution in [0.1, 0.15) is 28.4 Å². The lowest BCUT2D eigenvalue weighted by molar-refractivity contribution is 0.102. The summed E-state index contributed by atoms with van der Waals surface area (Å²) in [6.45, 7) is 6.21. The quantitative estimate of drug-likeness (QED) is 0.492. The number of carbonyl (C=O) groups is 1. The van der Waals surface area contributed by atoms with Crippen molar-refractivity contribution < 1.29 is 4.79 Å². The maximum Gasteiger partial charge on any atom is 0.316 e. The van der Waals surface area contributed by atoms with Gasteiger partial charge in [0.25, 0.3) is 5.91 Å². The number of fused-ring (bicyclic) bond motifs is 1. The van der Waals surface area contributed by atoms with Gasteiger partial charge in [-0.2, -0.15) is 0 Å². The Bertz CT molecular complexity index is 1400. The molecule has 4 aromatic rings. The van der Waals surface area contributed by atoms with E-state index in [-0.39, 0.29) is 5.91 Å². The fourth-order valence-electron chi connectivity index (χ4n) is 3.37. The number of carbonyl (C=O) groups excluding carboxylic acids is 1. The van der Waals surface area contributed by atoms with Gasteiger partial charge in [-0.25, -0.2) is 4.98 Å². The molecule has 0 aliphatic carbocycles. The molecule has 2 aromatic carbocycles. The van der Waals surface area contributed by atoms with Gasteiger partial charge in [0.2, 0.25) is 0 Å². The summed E-state index contributed by atoms with van der Waals surface area (Å²) >= 11 is 1.35. The zero-order valence-corrected chi connectivity index (χ0v) is 17.6. The van der Waals surface area contributed by atoms with Gasteiger partial charge in [0.05, 0.1) is 16.7 Å². The maximum absolute atomic E-state index is 12.7. The lowest BCUT2D eigenvalue weighted by atomic mass is 10.0. The molecule has 0 radical (unpaired) electrons. The van der Waals surface area contributed by atoms with E-state index in [0.29, 0.717) is 28.3 Å². The molecular weight excluding hydrogens is 400 g/mol. The second-order valence-electron chi connectivity index (χ2n) is 7.05. The highest BCUT2D eigenvalue weighted by Gasteiger charge is 2.13. The van der Waals surface area contributed by atoms with Crippen molar-refractivity contribution in [2.75, 3.05) is 5.32 Å². The number of benzene rings is 2. The number of rotatable bonds is 4.